The first-order chi connectivity index (χ1) is 5.04. The van der Waals surface area contributed by atoms with Crippen molar-refractivity contribution in [1.29, 1.82) is 0 Å². The zero-order valence-electron chi connectivity index (χ0n) is 5.95. The molecule has 0 aliphatic heterocycles. The predicted molar refractivity (Wildman–Crippen MR) is 40.8 cm³/mol. The summed E-state index contributed by atoms with van der Waals surface area (Å²) in [4.78, 5) is 19.1. The van der Waals surface area contributed by atoms with Crippen LogP contribution in [0.1, 0.15) is 6.92 Å². The number of carboxylic acid groups (broad SMARTS) is 2. The van der Waals surface area contributed by atoms with Crippen molar-refractivity contribution in [3.8, 4) is 0 Å². The Balaban J connectivity index is 0. The van der Waals surface area contributed by atoms with Crippen LogP contribution in [0.3, 0.4) is 0 Å². The van der Waals surface area contributed by atoms with Gasteiger partial charge in [-0.05, 0) is 0 Å². The van der Waals surface area contributed by atoms with Crippen molar-refractivity contribution in [3.63, 3.8) is 0 Å². The molecular formula is C6H9ClO4. The summed E-state index contributed by atoms with van der Waals surface area (Å²) in [6.45, 7) is 1.89. The monoisotopic (exact) mass is 180 g/mol. The fourth-order valence-corrected chi connectivity index (χ4v) is 0.143. The summed E-state index contributed by atoms with van der Waals surface area (Å²) in [5, 5.41) is 15.6. The minimum atomic E-state index is -1.26. The SMILES string of the molecule is CCCl.O=C(O)C=CC(=O)O. The van der Waals surface area contributed by atoms with Crippen LogP contribution in [-0.4, -0.2) is 28.0 Å². The number of carboxylic acids is 2. The maximum atomic E-state index is 9.55. The summed E-state index contributed by atoms with van der Waals surface area (Å²) < 4.78 is 0. The molecule has 0 unspecified atom stereocenters. The smallest absolute Gasteiger partial charge is 0.328 e. The van der Waals surface area contributed by atoms with Crippen molar-refractivity contribution in [2.45, 2.75) is 6.92 Å². The average molecular weight is 181 g/mol. The van der Waals surface area contributed by atoms with Gasteiger partial charge in [-0.25, -0.2) is 9.59 Å². The van der Waals surface area contributed by atoms with E-state index in [0.29, 0.717) is 12.2 Å². The molecule has 0 rings (SSSR count). The van der Waals surface area contributed by atoms with Gasteiger partial charge in [0.1, 0.15) is 0 Å². The predicted octanol–water partition coefficient (Wildman–Crippen LogP) is 0.957. The second kappa shape index (κ2) is 8.97. The topological polar surface area (TPSA) is 74.6 Å². The molecule has 5 heteroatoms. The van der Waals surface area contributed by atoms with E-state index in [1.165, 1.54) is 0 Å². The highest BCUT2D eigenvalue weighted by molar-refractivity contribution is 6.17. The van der Waals surface area contributed by atoms with Crippen molar-refractivity contribution in [1.82, 2.24) is 0 Å². The van der Waals surface area contributed by atoms with Gasteiger partial charge in [-0.2, -0.15) is 0 Å². The zero-order chi connectivity index (χ0) is 9.28. The Hall–Kier alpha value is -1.03. The molecule has 0 aromatic rings. The van der Waals surface area contributed by atoms with Crippen LogP contribution in [-0.2, 0) is 9.59 Å². The summed E-state index contributed by atoms with van der Waals surface area (Å²) in [5.41, 5.74) is 0. The van der Waals surface area contributed by atoms with Gasteiger partial charge in [0.2, 0.25) is 0 Å². The normalized spacial score (nSPS) is 8.55. The highest BCUT2D eigenvalue weighted by Crippen LogP contribution is 1.70. The third kappa shape index (κ3) is 27.6. The minimum Gasteiger partial charge on any atom is -0.478 e. The van der Waals surface area contributed by atoms with Gasteiger partial charge in [-0.1, -0.05) is 6.92 Å². The molecule has 0 spiro atoms. The van der Waals surface area contributed by atoms with Crippen LogP contribution in [0.5, 0.6) is 0 Å². The van der Waals surface area contributed by atoms with Crippen molar-refractivity contribution in [2.75, 3.05) is 5.88 Å². The van der Waals surface area contributed by atoms with Crippen LogP contribution in [0.2, 0.25) is 0 Å². The fourth-order valence-electron chi connectivity index (χ4n) is 0.143. The van der Waals surface area contributed by atoms with E-state index in [4.69, 9.17) is 21.8 Å². The molecule has 0 aromatic heterocycles. The van der Waals surface area contributed by atoms with E-state index in [9.17, 15) is 9.59 Å². The molecule has 0 saturated heterocycles. The van der Waals surface area contributed by atoms with E-state index in [1.54, 1.807) is 0 Å². The van der Waals surface area contributed by atoms with Crippen LogP contribution in [0.15, 0.2) is 12.2 Å². The number of hydrogen-bond donors (Lipinski definition) is 2. The van der Waals surface area contributed by atoms with Gasteiger partial charge in [0.05, 0.1) is 0 Å². The average Bonchev–Trinajstić information content (AvgIpc) is 1.85. The molecule has 0 aliphatic carbocycles. The van der Waals surface area contributed by atoms with Crippen LogP contribution in [0.4, 0.5) is 0 Å². The molecule has 4 nitrogen and oxygen atoms in total. The number of aliphatic carboxylic acids is 2. The Morgan fingerprint density at radius 3 is 1.55 bits per heavy atom. The first-order valence-electron chi connectivity index (χ1n) is 2.74. The van der Waals surface area contributed by atoms with E-state index in [1.807, 2.05) is 6.92 Å². The first-order valence-corrected chi connectivity index (χ1v) is 3.28. The number of halogens is 1. The summed E-state index contributed by atoms with van der Waals surface area (Å²) in [7, 11) is 0. The maximum Gasteiger partial charge on any atom is 0.328 e. The standard InChI is InChI=1S/C4H4O4.C2H5Cl/c5-3(6)1-2-4(7)8;1-2-3/h1-2H,(H,5,6)(H,7,8);2H2,1H3. The van der Waals surface area contributed by atoms with Crippen molar-refractivity contribution >= 4 is 23.5 Å². The summed E-state index contributed by atoms with van der Waals surface area (Å²) in [5.74, 6) is -1.79. The number of rotatable bonds is 2. The fraction of sp³-hybridized carbons (Fsp3) is 0.333. The third-order valence-corrected chi connectivity index (χ3v) is 0.368. The van der Waals surface area contributed by atoms with Gasteiger partial charge < -0.3 is 10.2 Å². The second-order valence-electron chi connectivity index (χ2n) is 1.28. The molecule has 0 fully saturated rings. The summed E-state index contributed by atoms with van der Waals surface area (Å²) in [6.07, 6.45) is 1.12. The largest absolute Gasteiger partial charge is 0.478 e. The molecular weight excluding hydrogens is 172 g/mol. The molecule has 0 aromatic carbocycles. The lowest BCUT2D eigenvalue weighted by atomic mass is 10.5. The Morgan fingerprint density at radius 2 is 1.45 bits per heavy atom. The minimum absolute atomic E-state index is 0.558. The van der Waals surface area contributed by atoms with E-state index in [0.717, 1.165) is 5.88 Å². The van der Waals surface area contributed by atoms with Gasteiger partial charge in [0.25, 0.3) is 0 Å². The maximum absolute atomic E-state index is 9.55. The Bertz CT molecular complexity index is 137. The number of hydrogen-bond acceptors (Lipinski definition) is 2. The van der Waals surface area contributed by atoms with E-state index in [-0.39, 0.29) is 0 Å². The Labute approximate surface area is 69.1 Å². The second-order valence-corrected chi connectivity index (χ2v) is 1.81. The molecule has 0 amide bonds. The Kier molecular flexibility index (Phi) is 10.3. The van der Waals surface area contributed by atoms with Crippen LogP contribution in [0.25, 0.3) is 0 Å². The third-order valence-electron chi connectivity index (χ3n) is 0.368. The van der Waals surface area contributed by atoms with Crippen LogP contribution in [0, 0.1) is 0 Å². The highest BCUT2D eigenvalue weighted by atomic mass is 35.5. The van der Waals surface area contributed by atoms with E-state index < -0.39 is 11.9 Å². The van der Waals surface area contributed by atoms with Crippen molar-refractivity contribution < 1.29 is 19.8 Å². The van der Waals surface area contributed by atoms with Crippen molar-refractivity contribution in [3.05, 3.63) is 12.2 Å². The van der Waals surface area contributed by atoms with E-state index in [2.05, 4.69) is 0 Å². The highest BCUT2D eigenvalue weighted by Gasteiger charge is 1.88. The van der Waals surface area contributed by atoms with Gasteiger partial charge >= 0.3 is 11.9 Å². The van der Waals surface area contributed by atoms with Crippen LogP contribution < -0.4 is 0 Å². The van der Waals surface area contributed by atoms with Gasteiger partial charge in [-0.15, -0.1) is 11.6 Å². The zero-order valence-corrected chi connectivity index (χ0v) is 6.71. The number of alkyl halides is 1. The Morgan fingerprint density at radius 1 is 1.27 bits per heavy atom. The number of carbonyl (C=O) groups is 2. The lowest BCUT2D eigenvalue weighted by Crippen LogP contribution is -1.91. The summed E-state index contributed by atoms with van der Waals surface area (Å²) >= 11 is 5.00. The van der Waals surface area contributed by atoms with Crippen molar-refractivity contribution in [2.24, 2.45) is 0 Å². The molecule has 11 heavy (non-hydrogen) atoms. The molecule has 0 radical (unpaired) electrons. The van der Waals surface area contributed by atoms with Gasteiger partial charge in [-0.3, -0.25) is 0 Å². The lowest BCUT2D eigenvalue weighted by molar-refractivity contribution is -0.134. The molecule has 0 aliphatic rings. The summed E-state index contributed by atoms with van der Waals surface area (Å²) in [6, 6.07) is 0. The van der Waals surface area contributed by atoms with E-state index >= 15 is 0 Å². The molecule has 0 heterocycles. The van der Waals surface area contributed by atoms with Gasteiger partial charge in [0.15, 0.2) is 0 Å². The molecule has 2 N–H and O–H groups in total. The molecule has 64 valence electrons. The molecule has 0 saturated carbocycles. The molecule has 0 bridgehead atoms. The van der Waals surface area contributed by atoms with Gasteiger partial charge in [0, 0.05) is 18.0 Å². The van der Waals surface area contributed by atoms with Crippen LogP contribution >= 0.6 is 11.6 Å². The lowest BCUT2D eigenvalue weighted by Gasteiger charge is -1.74. The quantitative estimate of drug-likeness (QED) is 0.490. The first kappa shape index (κ1) is 12.6. The molecule has 0 atom stereocenters.